The molecule has 0 saturated heterocycles. The third kappa shape index (κ3) is 10.9. The Morgan fingerprint density at radius 1 is 0.685 bits per heavy atom. The van der Waals surface area contributed by atoms with Crippen molar-refractivity contribution >= 4 is 63.5 Å². The number of hydrogen-bond acceptors (Lipinski definition) is 13. The predicted octanol–water partition coefficient (Wildman–Crippen LogP) is 3.63. The molecule has 368 valence electrons. The minimum Gasteiger partial charge on any atom is -0.482 e. The van der Waals surface area contributed by atoms with E-state index in [1.165, 1.54) is 35.0 Å². The Hall–Kier alpha value is -10.1. The van der Waals surface area contributed by atoms with Crippen molar-refractivity contribution in [1.82, 2.24) is 55.4 Å². The van der Waals surface area contributed by atoms with Gasteiger partial charge in [0.1, 0.15) is 34.3 Å². The summed E-state index contributed by atoms with van der Waals surface area (Å²) in [5.41, 5.74) is 10.1. The fraction of sp³-hybridized carbons (Fsp3) is 0.122. The standard InChI is InChI=1S/C25H21N7O5.C24H18F2N6O4/c26-23(34)16-3-1-2-14(8-16)11-28-25(36)19-10-18(30-21-6-7-29-32(19)21)24(35)27-12-15-4-5-20-17(9-15)31-22(33)13-37-20;1-12-6-13(2-4-15(12)25)9-28-23(34)19-8-18(30-21-16(26)11-29-32(19)21)22(33)27-10-14-3-5-20-17(7-14)31-24(35)36-20/h1-10H,11-13H2,(H2,26,34)(H,27,35)(H,28,36)(H,31,33);2-8,11H,9-10H2,1H3,(H,27,33)(H,28,34)(H,31,35). The molecule has 6 heterocycles. The van der Waals surface area contributed by atoms with Gasteiger partial charge in [-0.3, -0.25) is 33.8 Å². The molecular formula is C49H39F2N13O9. The Kier molecular flexibility index (Phi) is 13.4. The van der Waals surface area contributed by atoms with Gasteiger partial charge in [-0.2, -0.15) is 10.2 Å². The molecule has 0 saturated carbocycles. The predicted molar refractivity (Wildman–Crippen MR) is 254 cm³/mol. The van der Waals surface area contributed by atoms with Crippen LogP contribution in [0, 0.1) is 18.6 Å². The minimum absolute atomic E-state index is 0.0310. The van der Waals surface area contributed by atoms with E-state index in [0.717, 1.165) is 16.3 Å². The highest BCUT2D eigenvalue weighted by molar-refractivity contribution is 6.00. The molecule has 4 aromatic carbocycles. The molecule has 0 fully saturated rings. The number of halogens is 2. The van der Waals surface area contributed by atoms with E-state index in [1.54, 1.807) is 79.7 Å². The maximum Gasteiger partial charge on any atom is 0.417 e. The van der Waals surface area contributed by atoms with Crippen molar-refractivity contribution in [3.63, 3.8) is 0 Å². The number of nitrogens with two attached hydrogens (primary N) is 1. The smallest absolute Gasteiger partial charge is 0.417 e. The largest absolute Gasteiger partial charge is 0.482 e. The van der Waals surface area contributed by atoms with Gasteiger partial charge in [-0.1, -0.05) is 36.4 Å². The summed E-state index contributed by atoms with van der Waals surface area (Å²) in [5.74, 6) is -4.28. The van der Waals surface area contributed by atoms with Crippen LogP contribution >= 0.6 is 0 Å². The van der Waals surface area contributed by atoms with E-state index < -0.39 is 41.1 Å². The van der Waals surface area contributed by atoms with E-state index in [0.29, 0.717) is 56.0 Å². The lowest BCUT2D eigenvalue weighted by Gasteiger charge is -2.18. The van der Waals surface area contributed by atoms with Crippen LogP contribution < -0.4 is 42.8 Å². The van der Waals surface area contributed by atoms with Crippen LogP contribution in [0.15, 0.2) is 119 Å². The van der Waals surface area contributed by atoms with Gasteiger partial charge in [-0.25, -0.2) is 32.6 Å². The van der Waals surface area contributed by atoms with Crippen molar-refractivity contribution in [1.29, 1.82) is 0 Å². The third-order valence-electron chi connectivity index (χ3n) is 11.1. The molecule has 8 N–H and O–H groups in total. The molecule has 0 unspecified atom stereocenters. The molecule has 0 atom stereocenters. The van der Waals surface area contributed by atoms with Crippen LogP contribution in [0.25, 0.3) is 22.4 Å². The molecule has 1 aliphatic rings. The zero-order valence-electron chi connectivity index (χ0n) is 38.1. The fourth-order valence-electron chi connectivity index (χ4n) is 7.50. The number of anilines is 1. The Morgan fingerprint density at radius 2 is 1.32 bits per heavy atom. The quantitative estimate of drug-likeness (QED) is 0.0870. The van der Waals surface area contributed by atoms with Gasteiger partial charge in [0.2, 0.25) is 5.91 Å². The summed E-state index contributed by atoms with van der Waals surface area (Å²) in [6.07, 6.45) is 2.37. The highest BCUT2D eigenvalue weighted by atomic mass is 19.1. The number of primary amides is 1. The molecule has 0 radical (unpaired) electrons. The van der Waals surface area contributed by atoms with Crippen LogP contribution in [-0.4, -0.2) is 76.2 Å². The number of ether oxygens (including phenoxy) is 1. The molecule has 6 amide bonds. The number of rotatable bonds is 13. The summed E-state index contributed by atoms with van der Waals surface area (Å²) in [4.78, 5) is 96.8. The molecule has 73 heavy (non-hydrogen) atoms. The second-order valence-electron chi connectivity index (χ2n) is 16.3. The number of aromatic amines is 1. The van der Waals surface area contributed by atoms with E-state index in [2.05, 4.69) is 51.7 Å². The molecule has 1 aliphatic heterocycles. The van der Waals surface area contributed by atoms with Crippen molar-refractivity contribution in [3.05, 3.63) is 188 Å². The van der Waals surface area contributed by atoms with Gasteiger partial charge < -0.3 is 41.5 Å². The zero-order chi connectivity index (χ0) is 51.3. The van der Waals surface area contributed by atoms with Crippen molar-refractivity contribution in [2.75, 3.05) is 11.9 Å². The second-order valence-corrected chi connectivity index (χ2v) is 16.3. The fourth-order valence-corrected chi connectivity index (χ4v) is 7.50. The third-order valence-corrected chi connectivity index (χ3v) is 11.1. The molecule has 0 bridgehead atoms. The first-order valence-corrected chi connectivity index (χ1v) is 22.0. The van der Waals surface area contributed by atoms with Gasteiger partial charge in [0.05, 0.1) is 23.6 Å². The summed E-state index contributed by atoms with van der Waals surface area (Å²) >= 11 is 0. The Morgan fingerprint density at radius 3 is 2.03 bits per heavy atom. The number of amides is 6. The highest BCUT2D eigenvalue weighted by Crippen LogP contribution is 2.28. The lowest BCUT2D eigenvalue weighted by molar-refractivity contribution is -0.118. The Labute approximate surface area is 409 Å². The molecule has 9 aromatic rings. The van der Waals surface area contributed by atoms with E-state index in [9.17, 15) is 42.3 Å². The lowest BCUT2D eigenvalue weighted by Crippen LogP contribution is -2.29. The van der Waals surface area contributed by atoms with Gasteiger partial charge in [0.15, 0.2) is 29.3 Å². The molecule has 0 spiro atoms. The molecule has 5 aromatic heterocycles. The molecule has 10 rings (SSSR count). The number of fused-ring (bicyclic) bond motifs is 4. The number of H-pyrrole nitrogens is 1. The summed E-state index contributed by atoms with van der Waals surface area (Å²) < 4.78 is 40.4. The monoisotopic (exact) mass is 991 g/mol. The highest BCUT2D eigenvalue weighted by Gasteiger charge is 2.22. The zero-order valence-corrected chi connectivity index (χ0v) is 38.1. The van der Waals surface area contributed by atoms with Gasteiger partial charge >= 0.3 is 5.76 Å². The summed E-state index contributed by atoms with van der Waals surface area (Å²) in [6, 6.07) is 25.3. The number of aromatic nitrogens is 7. The van der Waals surface area contributed by atoms with Crippen molar-refractivity contribution in [2.24, 2.45) is 5.73 Å². The van der Waals surface area contributed by atoms with Crippen LogP contribution in [-0.2, 0) is 31.0 Å². The van der Waals surface area contributed by atoms with Crippen molar-refractivity contribution in [3.8, 4) is 5.75 Å². The molecule has 22 nitrogen and oxygen atoms in total. The van der Waals surface area contributed by atoms with E-state index in [-0.39, 0.29) is 72.9 Å². The number of nitrogens with one attached hydrogen (secondary N) is 6. The van der Waals surface area contributed by atoms with Crippen LogP contribution in [0.1, 0.15) is 80.1 Å². The van der Waals surface area contributed by atoms with E-state index in [4.69, 9.17) is 14.9 Å². The summed E-state index contributed by atoms with van der Waals surface area (Å²) in [6.45, 7) is 2.01. The van der Waals surface area contributed by atoms with Gasteiger partial charge in [0, 0.05) is 49.9 Å². The molecule has 0 aliphatic carbocycles. The van der Waals surface area contributed by atoms with E-state index >= 15 is 0 Å². The number of carbonyl (C=O) groups excluding carboxylic acids is 6. The summed E-state index contributed by atoms with van der Waals surface area (Å²) in [7, 11) is 0. The molecular weight excluding hydrogens is 953 g/mol. The van der Waals surface area contributed by atoms with Crippen LogP contribution in [0.2, 0.25) is 0 Å². The van der Waals surface area contributed by atoms with Gasteiger partial charge in [0.25, 0.3) is 29.5 Å². The van der Waals surface area contributed by atoms with Crippen LogP contribution in [0.3, 0.4) is 0 Å². The maximum absolute atomic E-state index is 14.3. The first kappa shape index (κ1) is 47.9. The van der Waals surface area contributed by atoms with Gasteiger partial charge in [-0.05, 0) is 77.2 Å². The van der Waals surface area contributed by atoms with Gasteiger partial charge in [-0.15, -0.1) is 0 Å². The first-order valence-electron chi connectivity index (χ1n) is 22.0. The number of carbonyl (C=O) groups is 6. The van der Waals surface area contributed by atoms with Crippen LogP contribution in [0.5, 0.6) is 5.75 Å². The number of hydrogen-bond donors (Lipinski definition) is 7. The number of oxazole rings is 1. The minimum atomic E-state index is -0.803. The maximum atomic E-state index is 14.3. The van der Waals surface area contributed by atoms with Crippen LogP contribution in [0.4, 0.5) is 14.5 Å². The SMILES string of the molecule is Cc1cc(CNC(=O)c2cc(C(=O)NCc3ccc4oc(=O)[nH]c4c3)nc3c(F)cnn23)ccc1F.NC(=O)c1cccc(CNC(=O)c2cc(C(=O)NCc3ccc4c(c3)NC(=O)CO4)nc3ccnn23)c1. The average molecular weight is 992 g/mol. The lowest BCUT2D eigenvalue weighted by atomic mass is 10.1. The number of nitrogens with zero attached hydrogens (tertiary/aromatic N) is 6. The number of benzene rings is 4. The van der Waals surface area contributed by atoms with Crippen molar-refractivity contribution in [2.45, 2.75) is 33.1 Å². The second kappa shape index (κ2) is 20.5. The van der Waals surface area contributed by atoms with Crippen molar-refractivity contribution < 1.29 is 46.7 Å². The normalized spacial score (nSPS) is 11.7. The first-order chi connectivity index (χ1) is 35.1. The topological polar surface area (TPSA) is 304 Å². The molecule has 24 heteroatoms. The Balaban J connectivity index is 0.000000180. The summed E-state index contributed by atoms with van der Waals surface area (Å²) in [5, 5.41) is 21.5. The average Bonchev–Trinajstić information content (AvgIpc) is 4.13. The number of aryl methyl sites for hydroxylation is 1. The van der Waals surface area contributed by atoms with E-state index in [1.807, 2.05) is 0 Å². The Bertz CT molecular complexity index is 3750.